The number of rotatable bonds is 5. The Labute approximate surface area is 125 Å². The molecule has 6 heteroatoms. The Morgan fingerprint density at radius 3 is 3.26 bits per heavy atom. The highest BCUT2D eigenvalue weighted by Crippen LogP contribution is 2.22. The number of anilines is 1. The quantitative estimate of drug-likeness (QED) is 0.822. The first-order valence-electron chi connectivity index (χ1n) is 6.52. The Kier molecular flexibility index (Phi) is 4.20. The fourth-order valence-corrected chi connectivity index (χ4v) is 3.81. The molecule has 0 unspecified atom stereocenters. The van der Waals surface area contributed by atoms with Crippen molar-refractivity contribution in [2.45, 2.75) is 13.0 Å². The summed E-state index contributed by atoms with van der Waals surface area (Å²) < 4.78 is 3.26. The van der Waals surface area contributed by atoms with Gasteiger partial charge in [0.25, 0.3) is 0 Å². The molecular formula is C13H17BrN4S. The zero-order chi connectivity index (χ0) is 13.1. The minimum atomic E-state index is 0.613. The molecule has 0 amide bonds. The molecule has 0 spiro atoms. The van der Waals surface area contributed by atoms with Gasteiger partial charge >= 0.3 is 0 Å². The first-order chi connectivity index (χ1) is 9.31. The Morgan fingerprint density at radius 2 is 2.42 bits per heavy atom. The van der Waals surface area contributed by atoms with Crippen molar-refractivity contribution in [3.8, 4) is 0 Å². The van der Waals surface area contributed by atoms with Crippen LogP contribution in [0.15, 0.2) is 28.2 Å². The van der Waals surface area contributed by atoms with Gasteiger partial charge in [-0.05, 0) is 41.0 Å². The Hall–Kier alpha value is -0.850. The van der Waals surface area contributed by atoms with Crippen LogP contribution in [0.5, 0.6) is 0 Å². The van der Waals surface area contributed by atoms with Crippen molar-refractivity contribution in [1.82, 2.24) is 15.1 Å². The summed E-state index contributed by atoms with van der Waals surface area (Å²) in [7, 11) is 0. The van der Waals surface area contributed by atoms with E-state index in [1.165, 1.54) is 8.66 Å². The predicted molar refractivity (Wildman–Crippen MR) is 82.8 cm³/mol. The van der Waals surface area contributed by atoms with Crippen molar-refractivity contribution in [3.63, 3.8) is 0 Å². The van der Waals surface area contributed by atoms with E-state index >= 15 is 0 Å². The maximum Gasteiger partial charge on any atom is 0.124 e. The highest BCUT2D eigenvalue weighted by Gasteiger charge is 2.17. The molecule has 1 aliphatic rings. The Bertz CT molecular complexity index is 536. The summed E-state index contributed by atoms with van der Waals surface area (Å²) in [5, 5.41) is 11.3. The van der Waals surface area contributed by atoms with Gasteiger partial charge in [0.2, 0.25) is 0 Å². The molecule has 1 atom stereocenters. The summed E-state index contributed by atoms with van der Waals surface area (Å²) in [5.41, 5.74) is 0. The lowest BCUT2D eigenvalue weighted by Gasteiger charge is -2.25. The highest BCUT2D eigenvalue weighted by atomic mass is 79.9. The van der Waals surface area contributed by atoms with Gasteiger partial charge in [0.05, 0.1) is 9.98 Å². The number of aromatic nitrogens is 2. The summed E-state index contributed by atoms with van der Waals surface area (Å²) in [6, 6.07) is 6.33. The van der Waals surface area contributed by atoms with Gasteiger partial charge in [0, 0.05) is 36.5 Å². The second kappa shape index (κ2) is 6.07. The van der Waals surface area contributed by atoms with Crippen LogP contribution in [0.3, 0.4) is 0 Å². The summed E-state index contributed by atoms with van der Waals surface area (Å²) in [5.74, 6) is 1.75. The standard InChI is InChI=1S/C13H17BrN4S/c14-12-2-1-11(19-12)3-5-15-7-10-8-16-13-4-6-17-18(13)9-10/h1-2,4,6,10,15-16H,3,5,7-9H2/t10-/m0/s1. The molecule has 3 heterocycles. The summed E-state index contributed by atoms with van der Waals surface area (Å²) >= 11 is 5.31. The van der Waals surface area contributed by atoms with Crippen molar-refractivity contribution in [3.05, 3.63) is 33.1 Å². The fraction of sp³-hybridized carbons (Fsp3) is 0.462. The third kappa shape index (κ3) is 3.38. The summed E-state index contributed by atoms with van der Waals surface area (Å²) in [6.07, 6.45) is 2.95. The second-order valence-corrected chi connectivity index (χ2v) is 7.35. The lowest BCUT2D eigenvalue weighted by molar-refractivity contribution is 0.393. The molecule has 4 nitrogen and oxygen atoms in total. The lowest BCUT2D eigenvalue weighted by Crippen LogP contribution is -2.35. The van der Waals surface area contributed by atoms with Crippen LogP contribution in [0.2, 0.25) is 0 Å². The van der Waals surface area contributed by atoms with E-state index in [4.69, 9.17) is 0 Å². The van der Waals surface area contributed by atoms with Gasteiger partial charge in [-0.2, -0.15) is 5.10 Å². The highest BCUT2D eigenvalue weighted by molar-refractivity contribution is 9.11. The number of nitrogens with one attached hydrogen (secondary N) is 2. The topological polar surface area (TPSA) is 41.9 Å². The van der Waals surface area contributed by atoms with Gasteiger partial charge < -0.3 is 10.6 Å². The van der Waals surface area contributed by atoms with Gasteiger partial charge in [-0.3, -0.25) is 0 Å². The summed E-state index contributed by atoms with van der Waals surface area (Å²) in [4.78, 5) is 1.43. The van der Waals surface area contributed by atoms with E-state index in [0.717, 1.165) is 38.4 Å². The SMILES string of the molecule is Brc1ccc(CCNC[C@H]2CNc3ccnn3C2)s1. The molecule has 2 N–H and O–H groups in total. The maximum absolute atomic E-state index is 4.31. The minimum Gasteiger partial charge on any atom is -0.370 e. The van der Waals surface area contributed by atoms with E-state index in [-0.39, 0.29) is 0 Å². The van der Waals surface area contributed by atoms with Gasteiger partial charge in [-0.15, -0.1) is 11.3 Å². The van der Waals surface area contributed by atoms with Crippen LogP contribution in [-0.2, 0) is 13.0 Å². The molecule has 0 saturated heterocycles. The maximum atomic E-state index is 4.31. The number of hydrogen-bond donors (Lipinski definition) is 2. The number of hydrogen-bond acceptors (Lipinski definition) is 4. The van der Waals surface area contributed by atoms with Crippen LogP contribution in [0.25, 0.3) is 0 Å². The van der Waals surface area contributed by atoms with Crippen molar-refractivity contribution >= 4 is 33.1 Å². The molecule has 0 aliphatic carbocycles. The lowest BCUT2D eigenvalue weighted by atomic mass is 10.1. The van der Waals surface area contributed by atoms with Gasteiger partial charge in [0.15, 0.2) is 0 Å². The number of fused-ring (bicyclic) bond motifs is 1. The molecule has 0 radical (unpaired) electrons. The molecule has 2 aromatic heterocycles. The predicted octanol–water partition coefficient (Wildman–Crippen LogP) is 2.58. The van der Waals surface area contributed by atoms with E-state index in [2.05, 4.69) is 43.8 Å². The summed E-state index contributed by atoms with van der Waals surface area (Å²) in [6.45, 7) is 4.12. The molecule has 0 bridgehead atoms. The zero-order valence-electron chi connectivity index (χ0n) is 10.6. The van der Waals surface area contributed by atoms with Crippen LogP contribution >= 0.6 is 27.3 Å². The molecular weight excluding hydrogens is 324 g/mol. The molecule has 0 aromatic carbocycles. The third-order valence-electron chi connectivity index (χ3n) is 3.33. The Balaban J connectivity index is 1.39. The van der Waals surface area contributed by atoms with Gasteiger partial charge in [0.1, 0.15) is 5.82 Å². The van der Waals surface area contributed by atoms with E-state index in [9.17, 15) is 0 Å². The molecule has 102 valence electrons. The van der Waals surface area contributed by atoms with Crippen molar-refractivity contribution in [2.24, 2.45) is 5.92 Å². The number of thiophene rings is 1. The molecule has 0 saturated carbocycles. The van der Waals surface area contributed by atoms with Crippen LogP contribution in [0, 0.1) is 5.92 Å². The molecule has 2 aromatic rings. The number of halogens is 1. The van der Waals surface area contributed by atoms with E-state index in [0.29, 0.717) is 5.92 Å². The first-order valence-corrected chi connectivity index (χ1v) is 8.13. The smallest absolute Gasteiger partial charge is 0.124 e. The number of nitrogens with zero attached hydrogens (tertiary/aromatic N) is 2. The first kappa shape index (κ1) is 13.1. The van der Waals surface area contributed by atoms with Crippen LogP contribution in [0.1, 0.15) is 4.88 Å². The van der Waals surface area contributed by atoms with Gasteiger partial charge in [-0.25, -0.2) is 4.68 Å². The van der Waals surface area contributed by atoms with Crippen LogP contribution in [0.4, 0.5) is 5.82 Å². The van der Waals surface area contributed by atoms with Gasteiger partial charge in [-0.1, -0.05) is 0 Å². The largest absolute Gasteiger partial charge is 0.370 e. The monoisotopic (exact) mass is 340 g/mol. The van der Waals surface area contributed by atoms with Crippen LogP contribution < -0.4 is 10.6 Å². The van der Waals surface area contributed by atoms with E-state index in [1.807, 2.05) is 28.3 Å². The van der Waals surface area contributed by atoms with E-state index in [1.54, 1.807) is 0 Å². The molecule has 0 fully saturated rings. The zero-order valence-corrected chi connectivity index (χ0v) is 13.0. The molecule has 19 heavy (non-hydrogen) atoms. The minimum absolute atomic E-state index is 0.613. The Morgan fingerprint density at radius 1 is 1.47 bits per heavy atom. The average molecular weight is 341 g/mol. The van der Waals surface area contributed by atoms with Crippen molar-refractivity contribution in [2.75, 3.05) is 25.0 Å². The third-order valence-corrected chi connectivity index (χ3v) is 5.01. The van der Waals surface area contributed by atoms with E-state index < -0.39 is 0 Å². The van der Waals surface area contributed by atoms with Crippen molar-refractivity contribution in [1.29, 1.82) is 0 Å². The van der Waals surface area contributed by atoms with Crippen LogP contribution in [-0.4, -0.2) is 29.4 Å². The molecule has 3 rings (SSSR count). The van der Waals surface area contributed by atoms with Crippen molar-refractivity contribution < 1.29 is 0 Å². The normalized spacial score (nSPS) is 18.1. The average Bonchev–Trinajstić information content (AvgIpc) is 3.03. The molecule has 1 aliphatic heterocycles. The fourth-order valence-electron chi connectivity index (χ4n) is 2.33. The second-order valence-electron chi connectivity index (χ2n) is 4.81.